The second kappa shape index (κ2) is 23.3. The van der Waals surface area contributed by atoms with Crippen LogP contribution >= 0.6 is 12.6 Å². The molecule has 0 radical (unpaired) electrons. The number of rotatable bonds is 25. The number of thiol groups is 1. The number of nitrogens with zero attached hydrogens (tertiary/aromatic N) is 4. The van der Waals surface area contributed by atoms with Gasteiger partial charge in [-0.3, -0.25) is 43.5 Å². The molecule has 11 N–H and O–H groups in total. The summed E-state index contributed by atoms with van der Waals surface area (Å²) in [6.07, 6.45) is 3.13. The molecule has 4 atom stereocenters. The summed E-state index contributed by atoms with van der Waals surface area (Å²) in [5.74, 6) is -3.10. The number of Topliss-reactive ketones (excluding diaryl/α,β-unsaturated/α-hetero) is 3. The van der Waals surface area contributed by atoms with E-state index in [1.165, 1.54) is 6.20 Å². The third-order valence-corrected chi connectivity index (χ3v) is 9.35. The molecule has 0 aliphatic carbocycles. The summed E-state index contributed by atoms with van der Waals surface area (Å²) in [4.78, 5) is 108. The number of H-pyrrole nitrogens is 1. The van der Waals surface area contributed by atoms with Crippen LogP contribution in [0.3, 0.4) is 0 Å². The molecule has 0 spiro atoms. The molecule has 0 saturated carbocycles. The van der Waals surface area contributed by atoms with Crippen LogP contribution in [0.1, 0.15) is 88.2 Å². The van der Waals surface area contributed by atoms with Gasteiger partial charge in [-0.25, -0.2) is 9.97 Å². The molecule has 0 unspecified atom stereocenters. The van der Waals surface area contributed by atoms with Crippen LogP contribution in [0.2, 0.25) is 0 Å². The molecule has 0 saturated heterocycles. The number of ketones is 3. The molecule has 1 aromatic carbocycles. The number of nitrogens with two attached hydrogens (primary N) is 3. The third-order valence-electron chi connectivity index (χ3n) is 9.03. The average molecular weight is 823 g/mol. The van der Waals surface area contributed by atoms with Crippen LogP contribution in [-0.2, 0) is 30.5 Å². The van der Waals surface area contributed by atoms with E-state index in [1.54, 1.807) is 45.0 Å². The molecular formula is C38H54N12O7S. The molecule has 3 amide bonds. The SMILES string of the molecule is C[C@H](CC(=O)[C@@H](CCCN=C(N)N)NC(=O)[C@@H](C)CC(=O)CCCNC(=O)c1ccc(NCc2cnc3nc(N)[nH]c(=O)c3n2)cc1)C(=O)N[C@@H](C)C(=O)CCCS. The predicted octanol–water partition coefficient (Wildman–Crippen LogP) is 0.930. The monoisotopic (exact) mass is 822 g/mol. The summed E-state index contributed by atoms with van der Waals surface area (Å²) in [6.45, 7) is 5.45. The molecule has 0 fully saturated rings. The number of aliphatic imine (C=N–C) groups is 1. The zero-order valence-corrected chi connectivity index (χ0v) is 33.9. The standard InChI is InChI=1S/C38H54N12O7S/c1-21(34(55)48-28(8-5-15-43-37(39)40)30(53)18-22(2)33(54)46-23(3)29(52)9-6-16-58)17-27(51)7-4-14-42-35(56)24-10-12-25(13-11-24)44-19-26-20-45-32-31(47-26)36(57)50-38(41)49-32/h10-13,20-23,28,44,58H,4-9,14-19H2,1-3H3,(H,42,56)(H,46,54)(H,48,55)(H4,39,40,43)(H3,41,45,49,50,57)/t21-,22+,23-,28+/m0/s1. The largest absolute Gasteiger partial charge is 0.379 e. The van der Waals surface area contributed by atoms with Gasteiger partial charge >= 0.3 is 0 Å². The van der Waals surface area contributed by atoms with Crippen molar-refractivity contribution in [1.82, 2.24) is 35.9 Å². The number of carbonyl (C=O) groups excluding carboxylic acids is 6. The molecule has 20 heteroatoms. The molecule has 0 aliphatic rings. The normalized spacial score (nSPS) is 13.0. The van der Waals surface area contributed by atoms with Crippen LogP contribution in [0.5, 0.6) is 0 Å². The molecular weight excluding hydrogens is 769 g/mol. The van der Waals surface area contributed by atoms with Crippen molar-refractivity contribution >= 4 is 76.5 Å². The quantitative estimate of drug-likeness (QED) is 0.0249. The van der Waals surface area contributed by atoms with Gasteiger partial charge in [0.2, 0.25) is 17.8 Å². The van der Waals surface area contributed by atoms with E-state index in [0.29, 0.717) is 42.0 Å². The lowest BCUT2D eigenvalue weighted by Crippen LogP contribution is -2.46. The fourth-order valence-electron chi connectivity index (χ4n) is 5.69. The topological polar surface area (TPSA) is 312 Å². The Hall–Kier alpha value is -5.92. The molecule has 3 rings (SSSR count). The van der Waals surface area contributed by atoms with E-state index in [9.17, 15) is 33.6 Å². The Balaban J connectivity index is 1.43. The van der Waals surface area contributed by atoms with Gasteiger partial charge < -0.3 is 38.5 Å². The molecule has 314 valence electrons. The minimum absolute atomic E-state index is 0.0484. The lowest BCUT2D eigenvalue weighted by atomic mass is 9.95. The van der Waals surface area contributed by atoms with E-state index >= 15 is 0 Å². The highest BCUT2D eigenvalue weighted by Gasteiger charge is 2.28. The van der Waals surface area contributed by atoms with Crippen molar-refractivity contribution in [2.24, 2.45) is 28.3 Å². The highest BCUT2D eigenvalue weighted by Crippen LogP contribution is 2.14. The van der Waals surface area contributed by atoms with E-state index in [1.807, 2.05) is 0 Å². The molecule has 0 aliphatic heterocycles. The number of fused-ring (bicyclic) bond motifs is 1. The number of guanidine groups is 1. The molecule has 2 heterocycles. The van der Waals surface area contributed by atoms with Gasteiger partial charge in [-0.2, -0.15) is 17.6 Å². The Morgan fingerprint density at radius 2 is 1.57 bits per heavy atom. The predicted molar refractivity (Wildman–Crippen MR) is 223 cm³/mol. The van der Waals surface area contributed by atoms with Crippen molar-refractivity contribution in [3.8, 4) is 0 Å². The van der Waals surface area contributed by atoms with Crippen molar-refractivity contribution in [3.05, 3.63) is 52.1 Å². The lowest BCUT2D eigenvalue weighted by molar-refractivity contribution is -0.134. The van der Waals surface area contributed by atoms with Crippen LogP contribution in [-0.4, -0.2) is 91.9 Å². The van der Waals surface area contributed by atoms with Crippen LogP contribution in [0.25, 0.3) is 11.2 Å². The van der Waals surface area contributed by atoms with Gasteiger partial charge in [0.15, 0.2) is 28.7 Å². The maximum atomic E-state index is 13.3. The molecule has 0 bridgehead atoms. The Kier molecular flexibility index (Phi) is 18.7. The first-order chi connectivity index (χ1) is 27.6. The van der Waals surface area contributed by atoms with Gasteiger partial charge in [0.05, 0.1) is 30.5 Å². The second-order valence-electron chi connectivity index (χ2n) is 14.0. The number of hydrogen-bond acceptors (Lipinski definition) is 14. The molecule has 19 nitrogen and oxygen atoms in total. The highest BCUT2D eigenvalue weighted by atomic mass is 32.1. The zero-order valence-electron chi connectivity index (χ0n) is 33.0. The van der Waals surface area contributed by atoms with Gasteiger partial charge in [-0.1, -0.05) is 13.8 Å². The Labute approximate surface area is 341 Å². The number of nitrogens with one attached hydrogen (secondary N) is 5. The maximum Gasteiger partial charge on any atom is 0.280 e. The first-order valence-electron chi connectivity index (χ1n) is 19.1. The van der Waals surface area contributed by atoms with Gasteiger partial charge in [-0.15, -0.1) is 0 Å². The number of carbonyl (C=O) groups is 6. The van der Waals surface area contributed by atoms with Gasteiger partial charge in [0.1, 0.15) is 5.78 Å². The number of aromatic amines is 1. The fourth-order valence-corrected chi connectivity index (χ4v) is 5.85. The summed E-state index contributed by atoms with van der Waals surface area (Å²) in [5.41, 5.74) is 17.7. The van der Waals surface area contributed by atoms with Crippen molar-refractivity contribution in [3.63, 3.8) is 0 Å². The molecule has 2 aromatic heterocycles. The van der Waals surface area contributed by atoms with Crippen LogP contribution in [0.15, 0.2) is 40.2 Å². The second-order valence-corrected chi connectivity index (χ2v) is 14.5. The number of aromatic nitrogens is 4. The van der Waals surface area contributed by atoms with Crippen molar-refractivity contribution in [1.29, 1.82) is 0 Å². The number of anilines is 2. The van der Waals surface area contributed by atoms with E-state index in [-0.39, 0.29) is 98.1 Å². The number of nitrogen functional groups attached to an aromatic ring is 1. The zero-order chi connectivity index (χ0) is 42.8. The molecule has 58 heavy (non-hydrogen) atoms. The van der Waals surface area contributed by atoms with E-state index in [2.05, 4.69) is 58.8 Å². The lowest BCUT2D eigenvalue weighted by Gasteiger charge is -2.22. The van der Waals surface area contributed by atoms with E-state index in [0.717, 1.165) is 0 Å². The Morgan fingerprint density at radius 1 is 0.879 bits per heavy atom. The average Bonchev–Trinajstić information content (AvgIpc) is 3.18. The van der Waals surface area contributed by atoms with Crippen molar-refractivity contribution in [2.45, 2.75) is 90.8 Å². The molecule has 3 aromatic rings. The van der Waals surface area contributed by atoms with Crippen molar-refractivity contribution in [2.75, 3.05) is 29.9 Å². The summed E-state index contributed by atoms with van der Waals surface area (Å²) in [7, 11) is 0. The number of amides is 3. The minimum Gasteiger partial charge on any atom is -0.379 e. The summed E-state index contributed by atoms with van der Waals surface area (Å²) in [5, 5.41) is 11.3. The first kappa shape index (κ1) is 46.5. The van der Waals surface area contributed by atoms with Crippen LogP contribution < -0.4 is 44.0 Å². The Bertz CT molecular complexity index is 2000. The summed E-state index contributed by atoms with van der Waals surface area (Å²) in [6, 6.07) is 5.04. The first-order valence-corrected chi connectivity index (χ1v) is 19.7. The smallest absolute Gasteiger partial charge is 0.280 e. The summed E-state index contributed by atoms with van der Waals surface area (Å²) >= 11 is 4.10. The summed E-state index contributed by atoms with van der Waals surface area (Å²) < 4.78 is 0. The Morgan fingerprint density at radius 3 is 2.26 bits per heavy atom. The van der Waals surface area contributed by atoms with Crippen LogP contribution in [0, 0.1) is 11.8 Å². The van der Waals surface area contributed by atoms with E-state index in [4.69, 9.17) is 17.2 Å². The van der Waals surface area contributed by atoms with Gasteiger partial charge in [0, 0.05) is 61.9 Å². The number of hydrogen-bond donors (Lipinski definition) is 9. The third kappa shape index (κ3) is 15.5. The van der Waals surface area contributed by atoms with Gasteiger partial charge in [0.25, 0.3) is 11.5 Å². The van der Waals surface area contributed by atoms with Crippen molar-refractivity contribution < 1.29 is 28.8 Å². The highest BCUT2D eigenvalue weighted by molar-refractivity contribution is 7.80. The minimum atomic E-state index is -0.951. The fraction of sp³-hybridized carbons (Fsp3) is 0.500. The van der Waals surface area contributed by atoms with Gasteiger partial charge in [-0.05, 0) is 62.6 Å². The number of benzene rings is 1. The maximum absolute atomic E-state index is 13.3. The van der Waals surface area contributed by atoms with Crippen LogP contribution in [0.4, 0.5) is 11.6 Å². The van der Waals surface area contributed by atoms with E-state index < -0.39 is 41.3 Å².